The zero-order valence-corrected chi connectivity index (χ0v) is 21.2. The lowest BCUT2D eigenvalue weighted by Gasteiger charge is -2.32. The number of aryl methyl sites for hydroxylation is 1. The zero-order valence-electron chi connectivity index (χ0n) is 21.2. The highest BCUT2D eigenvalue weighted by atomic mass is 16.7. The van der Waals surface area contributed by atoms with Crippen LogP contribution >= 0.6 is 0 Å². The van der Waals surface area contributed by atoms with Gasteiger partial charge in [-0.05, 0) is 57.8 Å². The van der Waals surface area contributed by atoms with Crippen molar-refractivity contribution in [1.82, 2.24) is 4.57 Å². The van der Waals surface area contributed by atoms with Gasteiger partial charge in [0.1, 0.15) is 5.75 Å². The van der Waals surface area contributed by atoms with Crippen LogP contribution in [-0.2, 0) is 9.31 Å². The molecule has 0 saturated carbocycles. The van der Waals surface area contributed by atoms with E-state index < -0.39 is 23.7 Å². The highest BCUT2D eigenvalue weighted by Gasteiger charge is 2.52. The van der Waals surface area contributed by atoms with Crippen LogP contribution in [0, 0.1) is 12.3 Å². The summed E-state index contributed by atoms with van der Waals surface area (Å²) < 4.78 is 20.7. The average molecular weight is 447 g/mol. The maximum Gasteiger partial charge on any atom is 0.495 e. The Morgan fingerprint density at radius 3 is 2.15 bits per heavy atom. The van der Waals surface area contributed by atoms with Gasteiger partial charge in [0.15, 0.2) is 5.78 Å². The number of nitrogens with zero attached hydrogens (tertiary/aromatic N) is 1. The predicted octanol–water partition coefficient (Wildman–Crippen LogP) is 5.48. The number of hydrogen-bond acceptors (Lipinski definition) is 4. The summed E-state index contributed by atoms with van der Waals surface area (Å²) in [7, 11) is 1.06. The topological polar surface area (TPSA) is 49.7 Å². The van der Waals surface area contributed by atoms with Gasteiger partial charge < -0.3 is 18.6 Å². The van der Waals surface area contributed by atoms with E-state index in [2.05, 4.69) is 23.6 Å². The third kappa shape index (κ3) is 3.79. The van der Waals surface area contributed by atoms with Crippen molar-refractivity contribution < 1.29 is 18.8 Å². The molecule has 4 rings (SSSR count). The molecular weight excluding hydrogens is 413 g/mol. The number of Topliss-reactive ketones (excluding diaryl/α,β-unsaturated/α-hetero) is 1. The number of benzene rings is 2. The molecule has 33 heavy (non-hydrogen) atoms. The van der Waals surface area contributed by atoms with Crippen molar-refractivity contribution in [3.05, 3.63) is 53.7 Å². The number of ether oxygens (including phenoxy) is 1. The first-order chi connectivity index (χ1) is 15.3. The molecule has 1 aliphatic heterocycles. The molecule has 0 bridgehead atoms. The van der Waals surface area contributed by atoms with Crippen LogP contribution in [-0.4, -0.2) is 35.8 Å². The second kappa shape index (κ2) is 7.74. The summed E-state index contributed by atoms with van der Waals surface area (Å²) in [5.74, 6) is 0.757. The molecular formula is C27H34BNO4. The molecule has 1 saturated heterocycles. The van der Waals surface area contributed by atoms with Gasteiger partial charge in [0, 0.05) is 28.2 Å². The molecule has 0 radical (unpaired) electrons. The number of methoxy groups -OCH3 is 1. The molecule has 1 fully saturated rings. The lowest BCUT2D eigenvalue weighted by molar-refractivity contribution is 0.00578. The maximum absolute atomic E-state index is 13.7. The normalized spacial score (nSPS) is 17.5. The van der Waals surface area contributed by atoms with Crippen LogP contribution in [0.25, 0.3) is 16.6 Å². The summed E-state index contributed by atoms with van der Waals surface area (Å²) in [4.78, 5) is 13.7. The molecule has 6 heteroatoms. The Labute approximate surface area is 197 Å². The molecule has 174 valence electrons. The maximum atomic E-state index is 13.7. The zero-order chi connectivity index (χ0) is 24.3. The quantitative estimate of drug-likeness (QED) is 0.393. The van der Waals surface area contributed by atoms with E-state index in [-0.39, 0.29) is 5.78 Å². The lowest BCUT2D eigenvalue weighted by Crippen LogP contribution is -2.41. The minimum Gasteiger partial charge on any atom is -0.495 e. The Morgan fingerprint density at radius 2 is 1.61 bits per heavy atom. The average Bonchev–Trinajstić information content (AvgIpc) is 3.21. The van der Waals surface area contributed by atoms with Crippen LogP contribution in [0.2, 0.25) is 0 Å². The highest BCUT2D eigenvalue weighted by Crippen LogP contribution is 2.40. The number of carbonyl (C=O) groups is 1. The first kappa shape index (κ1) is 23.6. The Hall–Kier alpha value is -2.57. The minimum atomic E-state index is -0.595. The first-order valence-corrected chi connectivity index (χ1v) is 11.5. The van der Waals surface area contributed by atoms with Gasteiger partial charge in [-0.3, -0.25) is 4.79 Å². The third-order valence-corrected chi connectivity index (χ3v) is 6.97. The third-order valence-electron chi connectivity index (χ3n) is 6.97. The number of aromatic nitrogens is 1. The highest BCUT2D eigenvalue weighted by molar-refractivity contribution is 6.65. The largest absolute Gasteiger partial charge is 0.495 e. The molecule has 1 aliphatic rings. The van der Waals surface area contributed by atoms with E-state index in [1.807, 2.05) is 78.9 Å². The molecule has 2 heterocycles. The fourth-order valence-electron chi connectivity index (χ4n) is 4.30. The van der Waals surface area contributed by atoms with Gasteiger partial charge >= 0.3 is 7.12 Å². The van der Waals surface area contributed by atoms with Crippen LogP contribution in [0.1, 0.15) is 64.4 Å². The van der Waals surface area contributed by atoms with Gasteiger partial charge in [-0.2, -0.15) is 0 Å². The van der Waals surface area contributed by atoms with Crippen LogP contribution in [0.4, 0.5) is 0 Å². The summed E-state index contributed by atoms with van der Waals surface area (Å²) in [5.41, 5.74) is 2.89. The van der Waals surface area contributed by atoms with Crippen LogP contribution in [0.5, 0.6) is 5.75 Å². The van der Waals surface area contributed by atoms with E-state index in [0.717, 1.165) is 27.6 Å². The van der Waals surface area contributed by atoms with Crippen molar-refractivity contribution in [3.63, 3.8) is 0 Å². The summed E-state index contributed by atoms with van der Waals surface area (Å²) in [5, 5.41) is 0.816. The lowest BCUT2D eigenvalue weighted by atomic mass is 9.74. The van der Waals surface area contributed by atoms with Crippen molar-refractivity contribution in [1.29, 1.82) is 0 Å². The molecule has 0 unspecified atom stereocenters. The van der Waals surface area contributed by atoms with Crippen molar-refractivity contribution in [2.24, 2.45) is 5.41 Å². The van der Waals surface area contributed by atoms with E-state index in [9.17, 15) is 4.79 Å². The smallest absolute Gasteiger partial charge is 0.495 e. The standard InChI is InChI=1S/C27H34BNO4/c1-17-12-10-11-13-20(17)29-16-18(24(30)25(2,3)4)22-19(14-15-21(31-9)23(22)29)28-32-26(5,6)27(7,8)33-28/h10-16H,1-9H3. The number of rotatable bonds is 4. The predicted molar refractivity (Wildman–Crippen MR) is 134 cm³/mol. The number of para-hydroxylation sites is 1. The molecule has 0 N–H and O–H groups in total. The summed E-state index contributed by atoms with van der Waals surface area (Å²) in [6, 6.07) is 12.0. The minimum absolute atomic E-state index is 0.0610. The Balaban J connectivity index is 2.08. The molecule has 5 nitrogen and oxygen atoms in total. The van der Waals surface area contributed by atoms with E-state index in [4.69, 9.17) is 14.0 Å². The second-order valence-electron chi connectivity index (χ2n) is 10.9. The molecule has 1 aromatic heterocycles. The molecule has 3 aromatic rings. The number of carbonyl (C=O) groups excluding carboxylic acids is 1. The second-order valence-corrected chi connectivity index (χ2v) is 10.9. The van der Waals surface area contributed by atoms with Gasteiger partial charge in [0.2, 0.25) is 0 Å². The van der Waals surface area contributed by atoms with Gasteiger partial charge in [0.05, 0.1) is 23.8 Å². The van der Waals surface area contributed by atoms with Crippen molar-refractivity contribution in [2.75, 3.05) is 7.11 Å². The summed E-state index contributed by atoms with van der Waals surface area (Å²) in [6.07, 6.45) is 1.94. The van der Waals surface area contributed by atoms with Crippen LogP contribution in [0.15, 0.2) is 42.6 Å². The van der Waals surface area contributed by atoms with Gasteiger partial charge in [-0.15, -0.1) is 0 Å². The van der Waals surface area contributed by atoms with E-state index >= 15 is 0 Å². The van der Waals surface area contributed by atoms with Crippen molar-refractivity contribution in [3.8, 4) is 11.4 Å². The van der Waals surface area contributed by atoms with Gasteiger partial charge in [-0.25, -0.2) is 0 Å². The number of hydrogen-bond donors (Lipinski definition) is 0. The van der Waals surface area contributed by atoms with Gasteiger partial charge in [0.25, 0.3) is 0 Å². The molecule has 0 atom stereocenters. The molecule has 2 aromatic carbocycles. The number of fused-ring (bicyclic) bond motifs is 1. The first-order valence-electron chi connectivity index (χ1n) is 11.5. The van der Waals surface area contributed by atoms with Gasteiger partial charge in [-0.1, -0.05) is 45.0 Å². The molecule has 0 amide bonds. The Morgan fingerprint density at radius 1 is 1.00 bits per heavy atom. The summed E-state index contributed by atoms with van der Waals surface area (Å²) in [6.45, 7) is 16.0. The molecule has 0 spiro atoms. The Kier molecular flexibility index (Phi) is 5.54. The van der Waals surface area contributed by atoms with Crippen LogP contribution in [0.3, 0.4) is 0 Å². The van der Waals surface area contributed by atoms with E-state index in [1.165, 1.54) is 0 Å². The van der Waals surface area contributed by atoms with Crippen molar-refractivity contribution >= 4 is 29.3 Å². The SMILES string of the molecule is COc1ccc(B2OC(C)(C)C(C)(C)O2)c2c(C(=O)C(C)(C)C)cn(-c3ccccc3C)c12. The fourth-order valence-corrected chi connectivity index (χ4v) is 4.30. The van der Waals surface area contributed by atoms with Crippen molar-refractivity contribution in [2.45, 2.75) is 66.6 Å². The fraction of sp³-hybridized carbons (Fsp3) is 0.444. The van der Waals surface area contributed by atoms with E-state index in [1.54, 1.807) is 7.11 Å². The number of ketones is 1. The Bertz CT molecular complexity index is 1220. The van der Waals surface area contributed by atoms with Crippen LogP contribution < -0.4 is 10.2 Å². The molecule has 0 aliphatic carbocycles. The monoisotopic (exact) mass is 447 g/mol. The summed E-state index contributed by atoms with van der Waals surface area (Å²) >= 11 is 0. The van der Waals surface area contributed by atoms with E-state index in [0.29, 0.717) is 11.3 Å².